The highest BCUT2D eigenvalue weighted by molar-refractivity contribution is 7.89. The Morgan fingerprint density at radius 1 is 1.07 bits per heavy atom. The number of carbonyl (C=O) groups is 1. The fraction of sp³-hybridized carbons (Fsp3) is 0.650. The normalized spacial score (nSPS) is 22.9. The Bertz CT molecular complexity index is 742. The molecule has 150 valence electrons. The standard InChI is InChI=1S/C20H31N3O3S/c1-3-12-23(13-4-2)27(25,26)19-9-5-16(6-10-19)20(24)22-14-11-17-7-8-18(15-22)21-17/h5-6,9-10,17-18,21H,3-4,7-8,11-15H2,1-2H3. The van der Waals surface area contributed by atoms with Crippen molar-refractivity contribution >= 4 is 15.9 Å². The number of nitrogens with zero attached hydrogens (tertiary/aromatic N) is 2. The van der Waals surface area contributed by atoms with Gasteiger partial charge < -0.3 is 10.2 Å². The van der Waals surface area contributed by atoms with Crippen molar-refractivity contribution in [2.75, 3.05) is 26.2 Å². The second-order valence-electron chi connectivity index (χ2n) is 7.61. The number of fused-ring (bicyclic) bond motifs is 2. The van der Waals surface area contributed by atoms with Crippen molar-refractivity contribution in [3.05, 3.63) is 29.8 Å². The van der Waals surface area contributed by atoms with Crippen molar-refractivity contribution in [2.24, 2.45) is 0 Å². The predicted molar refractivity (Wildman–Crippen MR) is 106 cm³/mol. The maximum Gasteiger partial charge on any atom is 0.253 e. The molecule has 2 saturated heterocycles. The summed E-state index contributed by atoms with van der Waals surface area (Å²) in [5.41, 5.74) is 0.559. The Kier molecular flexibility index (Phi) is 6.55. The van der Waals surface area contributed by atoms with Crippen molar-refractivity contribution in [1.82, 2.24) is 14.5 Å². The SMILES string of the molecule is CCCN(CCC)S(=O)(=O)c1ccc(C(=O)N2CCC3CCC(C2)N3)cc1. The molecule has 0 aromatic heterocycles. The topological polar surface area (TPSA) is 69.7 Å². The molecule has 27 heavy (non-hydrogen) atoms. The Balaban J connectivity index is 1.73. The number of amides is 1. The van der Waals surface area contributed by atoms with Gasteiger partial charge in [0.15, 0.2) is 0 Å². The van der Waals surface area contributed by atoms with Crippen LogP contribution in [0.1, 0.15) is 56.3 Å². The molecular formula is C20H31N3O3S. The monoisotopic (exact) mass is 393 g/mol. The van der Waals surface area contributed by atoms with E-state index in [9.17, 15) is 13.2 Å². The van der Waals surface area contributed by atoms with Crippen LogP contribution in [0.4, 0.5) is 0 Å². The summed E-state index contributed by atoms with van der Waals surface area (Å²) in [4.78, 5) is 15.0. The highest BCUT2D eigenvalue weighted by Gasteiger charge is 2.31. The van der Waals surface area contributed by atoms with E-state index in [1.807, 2.05) is 18.7 Å². The molecule has 1 N–H and O–H groups in total. The van der Waals surface area contributed by atoms with Gasteiger partial charge in [0.2, 0.25) is 10.0 Å². The summed E-state index contributed by atoms with van der Waals surface area (Å²) in [6, 6.07) is 7.37. The molecule has 6 nitrogen and oxygen atoms in total. The number of benzene rings is 1. The molecule has 2 atom stereocenters. The minimum absolute atomic E-state index is 0.00716. The molecule has 2 heterocycles. The van der Waals surface area contributed by atoms with E-state index in [1.54, 1.807) is 24.3 Å². The van der Waals surface area contributed by atoms with E-state index in [1.165, 1.54) is 10.7 Å². The minimum atomic E-state index is -3.51. The van der Waals surface area contributed by atoms with Gasteiger partial charge in [-0.15, -0.1) is 0 Å². The van der Waals surface area contributed by atoms with Crippen LogP contribution < -0.4 is 5.32 Å². The number of hydrogen-bond acceptors (Lipinski definition) is 4. The minimum Gasteiger partial charge on any atom is -0.337 e. The highest BCUT2D eigenvalue weighted by atomic mass is 32.2. The fourth-order valence-electron chi connectivity index (χ4n) is 4.08. The average Bonchev–Trinajstić information content (AvgIpc) is 3.00. The van der Waals surface area contributed by atoms with Gasteiger partial charge in [-0.3, -0.25) is 4.79 Å². The van der Waals surface area contributed by atoms with Crippen molar-refractivity contribution in [3.8, 4) is 0 Å². The second kappa shape index (κ2) is 8.71. The molecule has 3 rings (SSSR count). The van der Waals surface area contributed by atoms with Crippen molar-refractivity contribution in [2.45, 2.75) is 62.9 Å². The molecule has 1 amide bonds. The predicted octanol–water partition coefficient (Wildman–Crippen LogP) is 2.46. The molecule has 2 bridgehead atoms. The third-order valence-electron chi connectivity index (χ3n) is 5.50. The van der Waals surface area contributed by atoms with Gasteiger partial charge in [0, 0.05) is 43.8 Å². The summed E-state index contributed by atoms with van der Waals surface area (Å²) in [6.07, 6.45) is 4.86. The molecule has 0 aliphatic carbocycles. The van der Waals surface area contributed by atoms with Gasteiger partial charge >= 0.3 is 0 Å². The van der Waals surface area contributed by atoms with Crippen molar-refractivity contribution in [1.29, 1.82) is 0 Å². The number of hydrogen-bond donors (Lipinski definition) is 1. The first-order chi connectivity index (χ1) is 13.0. The van der Waals surface area contributed by atoms with E-state index in [0.29, 0.717) is 30.7 Å². The summed E-state index contributed by atoms with van der Waals surface area (Å²) in [7, 11) is -3.51. The first-order valence-electron chi connectivity index (χ1n) is 10.1. The van der Waals surface area contributed by atoms with Crippen molar-refractivity contribution in [3.63, 3.8) is 0 Å². The molecule has 1 aromatic carbocycles. The zero-order valence-electron chi connectivity index (χ0n) is 16.4. The number of carbonyl (C=O) groups excluding carboxylic acids is 1. The molecule has 7 heteroatoms. The van der Waals surface area contributed by atoms with Gasteiger partial charge in [0.25, 0.3) is 5.91 Å². The van der Waals surface area contributed by atoms with Crippen molar-refractivity contribution < 1.29 is 13.2 Å². The summed E-state index contributed by atoms with van der Waals surface area (Å²) in [5.74, 6) is -0.00716. The molecule has 2 aliphatic heterocycles. The van der Waals surface area contributed by atoms with Gasteiger partial charge in [-0.1, -0.05) is 13.8 Å². The van der Waals surface area contributed by atoms with E-state index < -0.39 is 10.0 Å². The van der Waals surface area contributed by atoms with Gasteiger partial charge in [-0.05, 0) is 56.4 Å². The number of sulfonamides is 1. The number of rotatable bonds is 7. The lowest BCUT2D eigenvalue weighted by molar-refractivity contribution is 0.0748. The van der Waals surface area contributed by atoms with Crippen LogP contribution in [-0.2, 0) is 10.0 Å². The van der Waals surface area contributed by atoms with Crippen LogP contribution in [0.3, 0.4) is 0 Å². The summed E-state index contributed by atoms with van der Waals surface area (Å²) < 4.78 is 27.2. The van der Waals surface area contributed by atoms with Crippen LogP contribution >= 0.6 is 0 Å². The maximum absolute atomic E-state index is 12.9. The van der Waals surface area contributed by atoms with E-state index >= 15 is 0 Å². The van der Waals surface area contributed by atoms with Crippen LogP contribution in [0.5, 0.6) is 0 Å². The molecule has 0 saturated carbocycles. The molecule has 1 aromatic rings. The quantitative estimate of drug-likeness (QED) is 0.773. The maximum atomic E-state index is 12.9. The molecular weight excluding hydrogens is 362 g/mol. The van der Waals surface area contributed by atoms with E-state index in [2.05, 4.69) is 5.32 Å². The lowest BCUT2D eigenvalue weighted by Crippen LogP contribution is -2.39. The Morgan fingerprint density at radius 2 is 1.70 bits per heavy atom. The summed E-state index contributed by atoms with van der Waals surface area (Å²) in [6.45, 7) is 6.47. The highest BCUT2D eigenvalue weighted by Crippen LogP contribution is 2.23. The third-order valence-corrected chi connectivity index (χ3v) is 7.41. The van der Waals surface area contributed by atoms with Crippen LogP contribution in [-0.4, -0.2) is 61.8 Å². The second-order valence-corrected chi connectivity index (χ2v) is 9.54. The zero-order chi connectivity index (χ0) is 19.4. The zero-order valence-corrected chi connectivity index (χ0v) is 17.2. The number of nitrogens with one attached hydrogen (secondary N) is 1. The molecule has 2 fully saturated rings. The van der Waals surface area contributed by atoms with Crippen LogP contribution in [0, 0.1) is 0 Å². The van der Waals surface area contributed by atoms with E-state index in [4.69, 9.17) is 0 Å². The molecule has 2 unspecified atom stereocenters. The summed E-state index contributed by atoms with van der Waals surface area (Å²) in [5, 5.41) is 3.58. The molecule has 0 radical (unpaired) electrons. The molecule has 2 aliphatic rings. The van der Waals surface area contributed by atoms with Crippen LogP contribution in [0.2, 0.25) is 0 Å². The van der Waals surface area contributed by atoms with Crippen LogP contribution in [0.15, 0.2) is 29.2 Å². The Labute approximate surface area is 163 Å². The number of likely N-dealkylation sites (tertiary alicyclic amines) is 1. The van der Waals surface area contributed by atoms with Gasteiger partial charge in [0.05, 0.1) is 4.90 Å². The third kappa shape index (κ3) is 4.52. The van der Waals surface area contributed by atoms with E-state index in [-0.39, 0.29) is 10.8 Å². The van der Waals surface area contributed by atoms with Gasteiger partial charge in [0.1, 0.15) is 0 Å². The van der Waals surface area contributed by atoms with E-state index in [0.717, 1.165) is 38.8 Å². The first-order valence-corrected chi connectivity index (χ1v) is 11.5. The summed E-state index contributed by atoms with van der Waals surface area (Å²) >= 11 is 0. The Hall–Kier alpha value is -1.44. The van der Waals surface area contributed by atoms with Gasteiger partial charge in [-0.25, -0.2) is 8.42 Å². The average molecular weight is 394 g/mol. The smallest absolute Gasteiger partial charge is 0.253 e. The largest absolute Gasteiger partial charge is 0.337 e. The van der Waals surface area contributed by atoms with Gasteiger partial charge in [-0.2, -0.15) is 4.31 Å². The van der Waals surface area contributed by atoms with Crippen LogP contribution in [0.25, 0.3) is 0 Å². The lowest BCUT2D eigenvalue weighted by atomic mass is 10.1. The first kappa shape index (κ1) is 20.3. The lowest BCUT2D eigenvalue weighted by Gasteiger charge is -2.24. The Morgan fingerprint density at radius 3 is 2.33 bits per heavy atom. The molecule has 0 spiro atoms. The fourth-order valence-corrected chi connectivity index (χ4v) is 5.70.